The van der Waals surface area contributed by atoms with Gasteiger partial charge in [-0.3, -0.25) is 0 Å². The van der Waals surface area contributed by atoms with Crippen molar-refractivity contribution in [3.05, 3.63) is 73.5 Å². The van der Waals surface area contributed by atoms with Crippen LogP contribution in [-0.4, -0.2) is 0 Å². The molecule has 0 fully saturated rings. The van der Waals surface area contributed by atoms with E-state index in [2.05, 4.69) is 15.9 Å². The van der Waals surface area contributed by atoms with Crippen LogP contribution in [0.15, 0.2) is 56.1 Å². The summed E-state index contributed by atoms with van der Waals surface area (Å²) in [7, 11) is 0. The van der Waals surface area contributed by atoms with Gasteiger partial charge in [0.2, 0.25) is 0 Å². The summed E-state index contributed by atoms with van der Waals surface area (Å²) in [6, 6.07) is 12.8. The van der Waals surface area contributed by atoms with Crippen LogP contribution in [0.3, 0.4) is 0 Å². The molecule has 3 rings (SSSR count). The fourth-order valence-electron chi connectivity index (χ4n) is 2.42. The quantitative estimate of drug-likeness (QED) is 0.561. The largest absolute Gasteiger partial charge is 0.487 e. The van der Waals surface area contributed by atoms with Gasteiger partial charge in [-0.05, 0) is 35.7 Å². The summed E-state index contributed by atoms with van der Waals surface area (Å²) in [5.41, 5.74) is 2.05. The van der Waals surface area contributed by atoms with Crippen molar-refractivity contribution in [1.82, 2.24) is 0 Å². The molecule has 0 aliphatic heterocycles. The first-order valence-corrected chi connectivity index (χ1v) is 8.37. The van der Waals surface area contributed by atoms with Crippen molar-refractivity contribution in [2.75, 3.05) is 0 Å². The SMILES string of the molecule is CCc1cc(=O)oc2cc(OCc3cccc(Br)c3)c(Cl)cc12. The Balaban J connectivity index is 1.95. The molecule has 0 bridgehead atoms. The summed E-state index contributed by atoms with van der Waals surface area (Å²) in [5, 5.41) is 1.34. The molecule has 0 unspecified atom stereocenters. The van der Waals surface area contributed by atoms with Crippen LogP contribution in [0.4, 0.5) is 0 Å². The average molecular weight is 394 g/mol. The van der Waals surface area contributed by atoms with Crippen molar-refractivity contribution in [2.45, 2.75) is 20.0 Å². The third-order valence-electron chi connectivity index (χ3n) is 3.55. The highest BCUT2D eigenvalue weighted by atomic mass is 79.9. The second kappa shape index (κ2) is 6.77. The standard InChI is InChI=1S/C18H14BrClO3/c1-2-12-7-18(21)23-16-9-17(15(20)8-14(12)16)22-10-11-4-3-5-13(19)6-11/h3-9H,2,10H2,1H3. The third-order valence-corrected chi connectivity index (χ3v) is 4.34. The van der Waals surface area contributed by atoms with Gasteiger partial charge in [0.15, 0.2) is 0 Å². The zero-order valence-electron chi connectivity index (χ0n) is 12.4. The number of hydrogen-bond acceptors (Lipinski definition) is 3. The summed E-state index contributed by atoms with van der Waals surface area (Å²) >= 11 is 9.74. The molecular weight excluding hydrogens is 380 g/mol. The number of aryl methyl sites for hydroxylation is 1. The van der Waals surface area contributed by atoms with E-state index in [9.17, 15) is 4.79 Å². The Hall–Kier alpha value is -1.78. The molecule has 118 valence electrons. The van der Waals surface area contributed by atoms with E-state index < -0.39 is 0 Å². The highest BCUT2D eigenvalue weighted by molar-refractivity contribution is 9.10. The second-order valence-electron chi connectivity index (χ2n) is 5.14. The van der Waals surface area contributed by atoms with Gasteiger partial charge >= 0.3 is 5.63 Å². The van der Waals surface area contributed by atoms with E-state index in [4.69, 9.17) is 20.8 Å². The Morgan fingerprint density at radius 2 is 2.04 bits per heavy atom. The highest BCUT2D eigenvalue weighted by Crippen LogP contribution is 2.32. The van der Waals surface area contributed by atoms with Crippen molar-refractivity contribution in [2.24, 2.45) is 0 Å². The highest BCUT2D eigenvalue weighted by Gasteiger charge is 2.10. The van der Waals surface area contributed by atoms with E-state index in [0.29, 0.717) is 23.0 Å². The molecule has 0 atom stereocenters. The predicted octanol–water partition coefficient (Wildman–Crippen LogP) is 5.35. The lowest BCUT2D eigenvalue weighted by molar-refractivity contribution is 0.306. The summed E-state index contributed by atoms with van der Waals surface area (Å²) in [6.45, 7) is 2.36. The van der Waals surface area contributed by atoms with E-state index in [-0.39, 0.29) is 5.63 Å². The van der Waals surface area contributed by atoms with Crippen LogP contribution in [0, 0.1) is 0 Å². The molecule has 0 aliphatic rings. The van der Waals surface area contributed by atoms with Gasteiger partial charge in [0, 0.05) is 22.0 Å². The van der Waals surface area contributed by atoms with Crippen LogP contribution < -0.4 is 10.4 Å². The number of ether oxygens (including phenoxy) is 1. The van der Waals surface area contributed by atoms with E-state index in [1.54, 1.807) is 12.1 Å². The van der Waals surface area contributed by atoms with Crippen LogP contribution >= 0.6 is 27.5 Å². The van der Waals surface area contributed by atoms with Crippen molar-refractivity contribution in [3.8, 4) is 5.75 Å². The average Bonchev–Trinajstić information content (AvgIpc) is 2.52. The van der Waals surface area contributed by atoms with Crippen molar-refractivity contribution < 1.29 is 9.15 Å². The topological polar surface area (TPSA) is 39.4 Å². The molecule has 0 radical (unpaired) electrons. The molecule has 0 saturated carbocycles. The lowest BCUT2D eigenvalue weighted by atomic mass is 10.1. The normalized spacial score (nSPS) is 10.9. The summed E-state index contributed by atoms with van der Waals surface area (Å²) < 4.78 is 12.0. The minimum Gasteiger partial charge on any atom is -0.487 e. The molecule has 3 aromatic rings. The van der Waals surface area contributed by atoms with Crippen molar-refractivity contribution in [1.29, 1.82) is 0 Å². The molecule has 23 heavy (non-hydrogen) atoms. The Morgan fingerprint density at radius 1 is 1.22 bits per heavy atom. The zero-order chi connectivity index (χ0) is 16.4. The maximum atomic E-state index is 11.6. The molecule has 1 heterocycles. The minimum absolute atomic E-state index is 0.366. The fourth-order valence-corrected chi connectivity index (χ4v) is 3.08. The Morgan fingerprint density at radius 3 is 2.78 bits per heavy atom. The van der Waals surface area contributed by atoms with Gasteiger partial charge in [-0.15, -0.1) is 0 Å². The summed E-state index contributed by atoms with van der Waals surface area (Å²) in [6.07, 6.45) is 0.733. The van der Waals surface area contributed by atoms with E-state index in [0.717, 1.165) is 27.4 Å². The van der Waals surface area contributed by atoms with E-state index in [1.807, 2.05) is 31.2 Å². The van der Waals surface area contributed by atoms with Crippen LogP contribution in [-0.2, 0) is 13.0 Å². The van der Waals surface area contributed by atoms with Crippen LogP contribution in [0.25, 0.3) is 11.0 Å². The smallest absolute Gasteiger partial charge is 0.336 e. The molecular formula is C18H14BrClO3. The summed E-state index contributed by atoms with van der Waals surface area (Å²) in [4.78, 5) is 11.6. The van der Waals surface area contributed by atoms with Gasteiger partial charge in [0.1, 0.15) is 17.9 Å². The van der Waals surface area contributed by atoms with Crippen LogP contribution in [0.2, 0.25) is 5.02 Å². The number of hydrogen-bond donors (Lipinski definition) is 0. The molecule has 5 heteroatoms. The van der Waals surface area contributed by atoms with Crippen molar-refractivity contribution >= 4 is 38.5 Å². The molecule has 2 aromatic carbocycles. The van der Waals surface area contributed by atoms with Crippen LogP contribution in [0.5, 0.6) is 5.75 Å². The van der Waals surface area contributed by atoms with E-state index in [1.165, 1.54) is 6.07 Å². The predicted molar refractivity (Wildman–Crippen MR) is 95.3 cm³/mol. The minimum atomic E-state index is -0.366. The maximum absolute atomic E-state index is 11.6. The molecule has 0 aliphatic carbocycles. The molecule has 0 saturated heterocycles. The van der Waals surface area contributed by atoms with Gasteiger partial charge in [0.05, 0.1) is 5.02 Å². The van der Waals surface area contributed by atoms with Gasteiger partial charge < -0.3 is 9.15 Å². The molecule has 0 amide bonds. The Bertz CT molecular complexity index is 918. The van der Waals surface area contributed by atoms with Crippen molar-refractivity contribution in [3.63, 3.8) is 0 Å². The monoisotopic (exact) mass is 392 g/mol. The van der Waals surface area contributed by atoms with Gasteiger partial charge in [-0.1, -0.05) is 46.6 Å². The molecule has 0 N–H and O–H groups in total. The third kappa shape index (κ3) is 3.59. The van der Waals surface area contributed by atoms with Gasteiger partial charge in [0.25, 0.3) is 0 Å². The fraction of sp³-hybridized carbons (Fsp3) is 0.167. The van der Waals surface area contributed by atoms with Gasteiger partial charge in [-0.2, -0.15) is 0 Å². The first-order valence-electron chi connectivity index (χ1n) is 7.20. The first-order chi connectivity index (χ1) is 11.1. The zero-order valence-corrected chi connectivity index (χ0v) is 14.8. The Kier molecular flexibility index (Phi) is 4.74. The Labute approximate surface area is 147 Å². The van der Waals surface area contributed by atoms with Crippen LogP contribution in [0.1, 0.15) is 18.1 Å². The lowest BCUT2D eigenvalue weighted by Gasteiger charge is -2.10. The molecule has 3 nitrogen and oxygen atoms in total. The number of rotatable bonds is 4. The first kappa shape index (κ1) is 16.1. The number of halogens is 2. The van der Waals surface area contributed by atoms with E-state index >= 15 is 0 Å². The second-order valence-corrected chi connectivity index (χ2v) is 6.46. The number of benzene rings is 2. The maximum Gasteiger partial charge on any atom is 0.336 e. The summed E-state index contributed by atoms with van der Waals surface area (Å²) in [5.74, 6) is 0.496. The lowest BCUT2D eigenvalue weighted by Crippen LogP contribution is -2.01. The van der Waals surface area contributed by atoms with Gasteiger partial charge in [-0.25, -0.2) is 4.79 Å². The molecule has 1 aromatic heterocycles. The molecule has 0 spiro atoms. The number of fused-ring (bicyclic) bond motifs is 1.